The average molecular weight is 469 g/mol. The highest BCUT2D eigenvalue weighted by molar-refractivity contribution is 7.99. The molecule has 1 aliphatic heterocycles. The number of aromatic nitrogens is 3. The lowest BCUT2D eigenvalue weighted by Crippen LogP contribution is -2.45. The van der Waals surface area contributed by atoms with Crippen LogP contribution in [0.3, 0.4) is 0 Å². The van der Waals surface area contributed by atoms with Crippen molar-refractivity contribution in [3.63, 3.8) is 0 Å². The van der Waals surface area contributed by atoms with Gasteiger partial charge in [0.05, 0.1) is 5.75 Å². The second-order valence-electron chi connectivity index (χ2n) is 8.25. The SMILES string of the molecule is O=C(CSc1nnc(-c2cccc(Cl)c2)n1-c1ccccc1)NC1CCC2CNNC2C1. The van der Waals surface area contributed by atoms with E-state index in [-0.39, 0.29) is 17.7 Å². The molecule has 0 radical (unpaired) electrons. The van der Waals surface area contributed by atoms with Gasteiger partial charge in [-0.3, -0.25) is 20.2 Å². The van der Waals surface area contributed by atoms with Gasteiger partial charge in [-0.2, -0.15) is 0 Å². The van der Waals surface area contributed by atoms with Crippen molar-refractivity contribution >= 4 is 29.3 Å². The lowest BCUT2D eigenvalue weighted by Gasteiger charge is -2.31. The fourth-order valence-electron chi connectivity index (χ4n) is 4.49. The highest BCUT2D eigenvalue weighted by Crippen LogP contribution is 2.30. The number of carbonyl (C=O) groups is 1. The highest BCUT2D eigenvalue weighted by Gasteiger charge is 2.34. The van der Waals surface area contributed by atoms with Crippen molar-refractivity contribution in [2.75, 3.05) is 12.3 Å². The Kier molecular flexibility index (Phi) is 6.45. The number of para-hydroxylation sites is 1. The summed E-state index contributed by atoms with van der Waals surface area (Å²) in [6, 6.07) is 18.1. The summed E-state index contributed by atoms with van der Waals surface area (Å²) < 4.78 is 1.98. The van der Waals surface area contributed by atoms with Gasteiger partial charge in [-0.05, 0) is 49.4 Å². The fraction of sp³-hybridized carbons (Fsp3) is 0.348. The second-order valence-corrected chi connectivity index (χ2v) is 9.62. The van der Waals surface area contributed by atoms with Crippen LogP contribution in [-0.2, 0) is 4.79 Å². The lowest BCUT2D eigenvalue weighted by atomic mass is 9.83. The summed E-state index contributed by atoms with van der Waals surface area (Å²) in [4.78, 5) is 12.7. The molecule has 0 bridgehead atoms. The predicted octanol–water partition coefficient (Wildman–Crippen LogP) is 3.44. The van der Waals surface area contributed by atoms with Gasteiger partial charge in [0.2, 0.25) is 5.91 Å². The Labute approximate surface area is 196 Å². The van der Waals surface area contributed by atoms with Gasteiger partial charge in [-0.15, -0.1) is 10.2 Å². The molecule has 9 heteroatoms. The predicted molar refractivity (Wildman–Crippen MR) is 127 cm³/mol. The van der Waals surface area contributed by atoms with E-state index in [2.05, 4.69) is 26.4 Å². The molecule has 32 heavy (non-hydrogen) atoms. The monoisotopic (exact) mass is 468 g/mol. The molecule has 7 nitrogen and oxygen atoms in total. The van der Waals surface area contributed by atoms with Crippen molar-refractivity contribution in [3.05, 3.63) is 59.6 Å². The third-order valence-electron chi connectivity index (χ3n) is 6.07. The summed E-state index contributed by atoms with van der Waals surface area (Å²) in [5, 5.41) is 13.3. The van der Waals surface area contributed by atoms with E-state index in [1.54, 1.807) is 0 Å². The van der Waals surface area contributed by atoms with Crippen molar-refractivity contribution < 1.29 is 4.79 Å². The molecule has 2 heterocycles. The maximum atomic E-state index is 12.7. The van der Waals surface area contributed by atoms with Gasteiger partial charge >= 0.3 is 0 Å². The zero-order valence-electron chi connectivity index (χ0n) is 17.5. The first-order valence-electron chi connectivity index (χ1n) is 10.8. The number of fused-ring (bicyclic) bond motifs is 1. The van der Waals surface area contributed by atoms with Gasteiger partial charge in [0.15, 0.2) is 11.0 Å². The van der Waals surface area contributed by atoms with E-state index in [0.717, 1.165) is 37.1 Å². The minimum atomic E-state index is 0.0244. The lowest BCUT2D eigenvalue weighted by molar-refractivity contribution is -0.119. The van der Waals surface area contributed by atoms with E-state index in [0.29, 0.717) is 28.0 Å². The number of hydrazine groups is 1. The first-order valence-corrected chi connectivity index (χ1v) is 12.2. The summed E-state index contributed by atoms with van der Waals surface area (Å²) in [5.74, 6) is 1.68. The summed E-state index contributed by atoms with van der Waals surface area (Å²) >= 11 is 7.60. The quantitative estimate of drug-likeness (QED) is 0.481. The van der Waals surface area contributed by atoms with Gasteiger partial charge in [0.1, 0.15) is 0 Å². The molecule has 1 saturated heterocycles. The van der Waals surface area contributed by atoms with Crippen LogP contribution in [0.15, 0.2) is 59.8 Å². The van der Waals surface area contributed by atoms with Crippen LogP contribution in [0, 0.1) is 5.92 Å². The van der Waals surface area contributed by atoms with Crippen molar-refractivity contribution in [2.45, 2.75) is 36.5 Å². The first-order chi connectivity index (χ1) is 15.7. The number of amides is 1. The van der Waals surface area contributed by atoms with Crippen LogP contribution in [0.5, 0.6) is 0 Å². The summed E-state index contributed by atoms with van der Waals surface area (Å²) in [7, 11) is 0. The Balaban J connectivity index is 1.31. The van der Waals surface area contributed by atoms with Crippen LogP contribution in [-0.4, -0.2) is 45.1 Å². The molecule has 3 atom stereocenters. The smallest absolute Gasteiger partial charge is 0.230 e. The Morgan fingerprint density at radius 2 is 2.03 bits per heavy atom. The van der Waals surface area contributed by atoms with Crippen LogP contribution in [0.25, 0.3) is 17.1 Å². The van der Waals surface area contributed by atoms with E-state index in [1.807, 2.05) is 59.2 Å². The van der Waals surface area contributed by atoms with Crippen molar-refractivity contribution in [3.8, 4) is 17.1 Å². The van der Waals surface area contributed by atoms with Crippen molar-refractivity contribution in [1.82, 2.24) is 30.9 Å². The number of benzene rings is 2. The number of rotatable bonds is 6. The molecule has 1 aromatic heterocycles. The Morgan fingerprint density at radius 1 is 1.16 bits per heavy atom. The van der Waals surface area contributed by atoms with Gasteiger partial charge in [0, 0.05) is 34.9 Å². The molecule has 2 fully saturated rings. The highest BCUT2D eigenvalue weighted by atomic mass is 35.5. The molecule has 1 saturated carbocycles. The molecule has 3 unspecified atom stereocenters. The molecule has 0 spiro atoms. The number of nitrogens with zero attached hydrogens (tertiary/aromatic N) is 3. The summed E-state index contributed by atoms with van der Waals surface area (Å²) in [5.41, 5.74) is 8.38. The Bertz CT molecular complexity index is 1090. The standard InChI is InChI=1S/C23H25ClN6OS/c24-17-6-4-5-15(11-17)22-28-29-23(30(22)19-7-2-1-3-8-19)32-14-21(31)26-18-10-9-16-13-25-27-20(16)12-18/h1-8,11,16,18,20,25,27H,9-10,12-14H2,(H,26,31). The van der Waals surface area contributed by atoms with Crippen LogP contribution in [0.1, 0.15) is 19.3 Å². The Morgan fingerprint density at radius 3 is 2.88 bits per heavy atom. The zero-order chi connectivity index (χ0) is 21.9. The van der Waals surface area contributed by atoms with Gasteiger partial charge in [0.25, 0.3) is 0 Å². The molecular weight excluding hydrogens is 444 g/mol. The molecule has 2 aromatic carbocycles. The van der Waals surface area contributed by atoms with Crippen molar-refractivity contribution in [1.29, 1.82) is 0 Å². The van der Waals surface area contributed by atoms with E-state index in [1.165, 1.54) is 11.8 Å². The first kappa shape index (κ1) is 21.5. The maximum Gasteiger partial charge on any atom is 0.230 e. The molecule has 3 aromatic rings. The Hall–Kier alpha value is -2.39. The number of hydrogen-bond acceptors (Lipinski definition) is 6. The second kappa shape index (κ2) is 9.62. The van der Waals surface area contributed by atoms with E-state index >= 15 is 0 Å². The minimum absolute atomic E-state index is 0.0244. The number of carbonyl (C=O) groups excluding carboxylic acids is 1. The molecule has 1 aliphatic carbocycles. The molecule has 2 aliphatic rings. The summed E-state index contributed by atoms with van der Waals surface area (Å²) in [6.45, 7) is 1.02. The van der Waals surface area contributed by atoms with Gasteiger partial charge in [-0.25, -0.2) is 0 Å². The van der Waals surface area contributed by atoms with Gasteiger partial charge in [-0.1, -0.05) is 53.7 Å². The minimum Gasteiger partial charge on any atom is -0.353 e. The fourth-order valence-corrected chi connectivity index (χ4v) is 5.45. The normalized spacial score (nSPS) is 22.5. The van der Waals surface area contributed by atoms with E-state index in [9.17, 15) is 4.79 Å². The zero-order valence-corrected chi connectivity index (χ0v) is 19.1. The number of hydrogen-bond donors (Lipinski definition) is 3. The average Bonchev–Trinajstić information content (AvgIpc) is 3.45. The number of halogens is 1. The topological polar surface area (TPSA) is 83.9 Å². The van der Waals surface area contributed by atoms with Crippen LogP contribution in [0.4, 0.5) is 0 Å². The molecule has 5 rings (SSSR count). The molecule has 166 valence electrons. The van der Waals surface area contributed by atoms with E-state index in [4.69, 9.17) is 11.6 Å². The maximum absolute atomic E-state index is 12.7. The number of thioether (sulfide) groups is 1. The third-order valence-corrected chi connectivity index (χ3v) is 7.24. The molecule has 3 N–H and O–H groups in total. The third kappa shape index (κ3) is 4.68. The van der Waals surface area contributed by atoms with Crippen LogP contribution >= 0.6 is 23.4 Å². The number of nitrogens with one attached hydrogen (secondary N) is 3. The molecule has 1 amide bonds. The van der Waals surface area contributed by atoms with E-state index < -0.39 is 0 Å². The van der Waals surface area contributed by atoms with Crippen LogP contribution in [0.2, 0.25) is 5.02 Å². The van der Waals surface area contributed by atoms with Crippen LogP contribution < -0.4 is 16.2 Å². The summed E-state index contributed by atoms with van der Waals surface area (Å²) in [6.07, 6.45) is 3.13. The van der Waals surface area contributed by atoms with Crippen molar-refractivity contribution in [2.24, 2.45) is 5.92 Å². The van der Waals surface area contributed by atoms with Gasteiger partial charge < -0.3 is 5.32 Å². The largest absolute Gasteiger partial charge is 0.353 e. The molecular formula is C23H25ClN6OS.